The molecule has 0 aromatic heterocycles. The number of benzene rings is 1. The molecule has 0 aliphatic carbocycles. The molecule has 0 radical (unpaired) electrons. The summed E-state index contributed by atoms with van der Waals surface area (Å²) in [4.78, 5) is 11.9. The van der Waals surface area contributed by atoms with Crippen LogP contribution in [0.3, 0.4) is 0 Å². The lowest BCUT2D eigenvalue weighted by atomic mass is 10.1. The summed E-state index contributed by atoms with van der Waals surface area (Å²) >= 11 is 0. The van der Waals surface area contributed by atoms with Gasteiger partial charge in [-0.25, -0.2) is 4.79 Å². The maximum absolute atomic E-state index is 11.9. The van der Waals surface area contributed by atoms with Crippen LogP contribution in [0.2, 0.25) is 0 Å². The van der Waals surface area contributed by atoms with E-state index < -0.39 is 0 Å². The van der Waals surface area contributed by atoms with Crippen molar-refractivity contribution in [3.05, 3.63) is 29.3 Å². The highest BCUT2D eigenvalue weighted by Crippen LogP contribution is 2.23. The van der Waals surface area contributed by atoms with Crippen molar-refractivity contribution in [3.8, 4) is 0 Å². The minimum absolute atomic E-state index is 0.262. The summed E-state index contributed by atoms with van der Waals surface area (Å²) in [5, 5.41) is 3.27. The predicted molar refractivity (Wildman–Crippen MR) is 74.6 cm³/mol. The number of esters is 1. The number of carbonyl (C=O) groups is 1. The molecule has 1 N–H and O–H groups in total. The van der Waals surface area contributed by atoms with Gasteiger partial charge in [-0.2, -0.15) is 0 Å². The van der Waals surface area contributed by atoms with E-state index in [2.05, 4.69) is 5.32 Å². The first kappa shape index (κ1) is 13.9. The smallest absolute Gasteiger partial charge is 0.338 e. The molecule has 0 unspecified atom stereocenters. The number of rotatable bonds is 5. The average molecular weight is 263 g/mol. The second-order valence-electron chi connectivity index (χ2n) is 5.40. The summed E-state index contributed by atoms with van der Waals surface area (Å²) in [6.07, 6.45) is 1.65. The van der Waals surface area contributed by atoms with E-state index in [0.29, 0.717) is 18.6 Å². The Morgan fingerprint density at radius 3 is 2.95 bits per heavy atom. The molecular weight excluding hydrogens is 242 g/mol. The highest BCUT2D eigenvalue weighted by atomic mass is 16.5. The number of methoxy groups -OCH3 is 1. The number of hydrogen-bond acceptors (Lipinski definition) is 4. The molecule has 2 rings (SSSR count). The van der Waals surface area contributed by atoms with Crippen molar-refractivity contribution in [1.29, 1.82) is 0 Å². The maximum atomic E-state index is 11.9. The number of ether oxygens (including phenoxy) is 2. The number of carbonyl (C=O) groups excluding carboxylic acids is 1. The van der Waals surface area contributed by atoms with E-state index in [-0.39, 0.29) is 11.6 Å². The predicted octanol–water partition coefficient (Wildman–Crippen LogP) is 2.63. The Morgan fingerprint density at radius 1 is 1.42 bits per heavy atom. The van der Waals surface area contributed by atoms with Crippen molar-refractivity contribution in [2.75, 3.05) is 25.6 Å². The fraction of sp³-hybridized carbons (Fsp3) is 0.533. The molecule has 1 aromatic carbocycles. The summed E-state index contributed by atoms with van der Waals surface area (Å²) in [5.41, 5.74) is 2.67. The third kappa shape index (κ3) is 3.47. The molecule has 0 saturated carbocycles. The largest absolute Gasteiger partial charge is 0.462 e. The van der Waals surface area contributed by atoms with Crippen molar-refractivity contribution >= 4 is 11.7 Å². The van der Waals surface area contributed by atoms with E-state index >= 15 is 0 Å². The van der Waals surface area contributed by atoms with Gasteiger partial charge in [0.05, 0.1) is 17.8 Å². The minimum Gasteiger partial charge on any atom is -0.462 e. The molecule has 4 nitrogen and oxygen atoms in total. The van der Waals surface area contributed by atoms with E-state index in [1.165, 1.54) is 5.56 Å². The standard InChI is InChI=1S/C15H21NO3/c1-15(2,18-3)7-9-19-14(17)12-4-5-13-11(10-12)6-8-16-13/h4-5,10,16H,6-9H2,1-3H3. The van der Waals surface area contributed by atoms with Crippen LogP contribution in [0.1, 0.15) is 36.2 Å². The third-order valence-corrected chi connectivity index (χ3v) is 3.54. The van der Waals surface area contributed by atoms with Crippen LogP contribution >= 0.6 is 0 Å². The monoisotopic (exact) mass is 263 g/mol. The molecule has 0 saturated heterocycles. The Balaban J connectivity index is 1.90. The zero-order valence-corrected chi connectivity index (χ0v) is 11.8. The molecule has 1 aliphatic heterocycles. The van der Waals surface area contributed by atoms with Crippen molar-refractivity contribution in [2.24, 2.45) is 0 Å². The van der Waals surface area contributed by atoms with Crippen LogP contribution in [0.5, 0.6) is 0 Å². The molecule has 0 fully saturated rings. The van der Waals surface area contributed by atoms with E-state index in [1.807, 2.05) is 26.0 Å². The van der Waals surface area contributed by atoms with Crippen LogP contribution in [0, 0.1) is 0 Å². The topological polar surface area (TPSA) is 47.6 Å². The van der Waals surface area contributed by atoms with Gasteiger partial charge in [-0.1, -0.05) is 0 Å². The number of nitrogens with one attached hydrogen (secondary N) is 1. The zero-order chi connectivity index (χ0) is 13.9. The minimum atomic E-state index is -0.262. The second kappa shape index (κ2) is 5.61. The normalized spacial score (nSPS) is 13.8. The van der Waals surface area contributed by atoms with Crippen LogP contribution in [-0.2, 0) is 15.9 Å². The van der Waals surface area contributed by atoms with Crippen LogP contribution in [-0.4, -0.2) is 31.8 Å². The van der Waals surface area contributed by atoms with Crippen LogP contribution in [0.15, 0.2) is 18.2 Å². The molecule has 104 valence electrons. The van der Waals surface area contributed by atoms with Gasteiger partial charge >= 0.3 is 5.97 Å². The summed E-state index contributed by atoms with van der Waals surface area (Å²) < 4.78 is 10.6. The zero-order valence-electron chi connectivity index (χ0n) is 11.8. The maximum Gasteiger partial charge on any atom is 0.338 e. The van der Waals surface area contributed by atoms with Gasteiger partial charge in [0.15, 0.2) is 0 Å². The molecule has 1 heterocycles. The molecule has 0 spiro atoms. The van der Waals surface area contributed by atoms with Gasteiger partial charge in [0.1, 0.15) is 0 Å². The fourth-order valence-electron chi connectivity index (χ4n) is 2.01. The molecule has 0 bridgehead atoms. The summed E-state index contributed by atoms with van der Waals surface area (Å²) in [7, 11) is 1.66. The van der Waals surface area contributed by atoms with E-state index in [1.54, 1.807) is 13.2 Å². The number of anilines is 1. The SMILES string of the molecule is COC(C)(C)CCOC(=O)c1ccc2c(c1)CCN2. The Labute approximate surface area is 114 Å². The van der Waals surface area contributed by atoms with E-state index in [0.717, 1.165) is 18.7 Å². The first-order chi connectivity index (χ1) is 9.02. The molecular formula is C15H21NO3. The molecule has 19 heavy (non-hydrogen) atoms. The van der Waals surface area contributed by atoms with Gasteiger partial charge in [0.2, 0.25) is 0 Å². The van der Waals surface area contributed by atoms with E-state index in [9.17, 15) is 4.79 Å². The van der Waals surface area contributed by atoms with Crippen molar-refractivity contribution in [3.63, 3.8) is 0 Å². The van der Waals surface area contributed by atoms with Crippen LogP contribution < -0.4 is 5.32 Å². The van der Waals surface area contributed by atoms with Crippen LogP contribution in [0.25, 0.3) is 0 Å². The number of fused-ring (bicyclic) bond motifs is 1. The summed E-state index contributed by atoms with van der Waals surface area (Å²) in [5.74, 6) is -0.262. The third-order valence-electron chi connectivity index (χ3n) is 3.54. The average Bonchev–Trinajstić information content (AvgIpc) is 2.85. The first-order valence-corrected chi connectivity index (χ1v) is 6.61. The molecule has 1 aromatic rings. The van der Waals surface area contributed by atoms with Crippen molar-refractivity contribution in [2.45, 2.75) is 32.3 Å². The van der Waals surface area contributed by atoms with Gasteiger partial charge in [0, 0.05) is 25.8 Å². The van der Waals surface area contributed by atoms with Crippen LogP contribution in [0.4, 0.5) is 5.69 Å². The summed E-state index contributed by atoms with van der Waals surface area (Å²) in [6.45, 7) is 5.26. The van der Waals surface area contributed by atoms with Gasteiger partial charge in [0.25, 0.3) is 0 Å². The Kier molecular flexibility index (Phi) is 4.10. The molecule has 4 heteroatoms. The lowest BCUT2D eigenvalue weighted by Gasteiger charge is -2.22. The Hall–Kier alpha value is -1.55. The van der Waals surface area contributed by atoms with Gasteiger partial charge in [-0.05, 0) is 44.0 Å². The second-order valence-corrected chi connectivity index (χ2v) is 5.40. The Morgan fingerprint density at radius 2 is 2.21 bits per heavy atom. The Bertz CT molecular complexity index is 468. The lowest BCUT2D eigenvalue weighted by molar-refractivity contribution is -0.00563. The van der Waals surface area contributed by atoms with E-state index in [4.69, 9.17) is 9.47 Å². The highest BCUT2D eigenvalue weighted by Gasteiger charge is 2.18. The molecule has 0 atom stereocenters. The molecule has 0 amide bonds. The summed E-state index contributed by atoms with van der Waals surface area (Å²) in [6, 6.07) is 5.66. The van der Waals surface area contributed by atoms with Gasteiger partial charge in [-0.3, -0.25) is 0 Å². The molecule has 1 aliphatic rings. The van der Waals surface area contributed by atoms with Crippen molar-refractivity contribution in [1.82, 2.24) is 0 Å². The lowest BCUT2D eigenvalue weighted by Crippen LogP contribution is -2.25. The fourth-order valence-corrected chi connectivity index (χ4v) is 2.01. The first-order valence-electron chi connectivity index (χ1n) is 6.61. The van der Waals surface area contributed by atoms with Crippen molar-refractivity contribution < 1.29 is 14.3 Å². The quantitative estimate of drug-likeness (QED) is 0.830. The van der Waals surface area contributed by atoms with Gasteiger partial charge < -0.3 is 14.8 Å². The highest BCUT2D eigenvalue weighted by molar-refractivity contribution is 5.90. The number of hydrogen-bond donors (Lipinski definition) is 1. The van der Waals surface area contributed by atoms with Gasteiger partial charge in [-0.15, -0.1) is 0 Å².